The zero-order valence-electron chi connectivity index (χ0n) is 22.2. The monoisotopic (exact) mass is 581 g/mol. The summed E-state index contributed by atoms with van der Waals surface area (Å²) in [5.41, 5.74) is 4.13. The molecule has 0 aliphatic rings. The topological polar surface area (TPSA) is 88.8 Å². The van der Waals surface area contributed by atoms with Crippen LogP contribution in [0.25, 0.3) is 22.5 Å². The summed E-state index contributed by atoms with van der Waals surface area (Å²) in [6.45, 7) is 1.95. The number of amides is 1. The molecule has 208 valence electrons. The summed E-state index contributed by atoms with van der Waals surface area (Å²) >= 11 is 7.47. The number of thioether (sulfide) groups is 1. The fourth-order valence-corrected chi connectivity index (χ4v) is 5.12. The number of nitrogens with one attached hydrogen (secondary N) is 1. The number of halogens is 2. The van der Waals surface area contributed by atoms with E-state index in [2.05, 4.69) is 5.32 Å². The number of carbonyl (C=O) groups excluding carboxylic acids is 1. The van der Waals surface area contributed by atoms with Gasteiger partial charge >= 0.3 is 5.97 Å². The molecule has 0 aliphatic heterocycles. The maximum atomic E-state index is 13.6. The van der Waals surface area contributed by atoms with Crippen molar-refractivity contribution in [3.8, 4) is 22.5 Å². The number of benzene rings is 3. The molecule has 1 aromatic heterocycles. The molecule has 1 heterocycles. The summed E-state index contributed by atoms with van der Waals surface area (Å²) in [7, 11) is 1.55. The highest BCUT2D eigenvalue weighted by atomic mass is 35.5. The van der Waals surface area contributed by atoms with Gasteiger partial charge in [0.05, 0.1) is 5.02 Å². The molecule has 4 aromatic rings. The molecule has 3 aromatic carbocycles. The zero-order valence-corrected chi connectivity index (χ0v) is 23.8. The highest BCUT2D eigenvalue weighted by Crippen LogP contribution is 2.36. The number of aliphatic carboxylic acids is 1. The first-order valence-corrected chi connectivity index (χ1v) is 14.3. The first kappa shape index (κ1) is 29.4. The molecule has 6 nitrogen and oxygen atoms in total. The molecule has 4 rings (SSSR count). The fraction of sp³-hybridized carbons (Fsp3) is 0.226. The summed E-state index contributed by atoms with van der Waals surface area (Å²) in [5, 5.41) is 12.3. The number of ether oxygens (including phenoxy) is 1. The van der Waals surface area contributed by atoms with Gasteiger partial charge in [-0.25, -0.2) is 9.18 Å². The van der Waals surface area contributed by atoms with Crippen LogP contribution in [0.2, 0.25) is 5.02 Å². The third kappa shape index (κ3) is 6.58. The predicted octanol–water partition coefficient (Wildman–Crippen LogP) is 7.39. The second kappa shape index (κ2) is 13.2. The molecule has 9 heteroatoms. The first-order chi connectivity index (χ1) is 19.2. The van der Waals surface area contributed by atoms with Crippen molar-refractivity contribution in [3.63, 3.8) is 0 Å². The molecular weight excluding hydrogens is 553 g/mol. The molecule has 0 bridgehead atoms. The molecular formula is C31H29ClFNO5S. The number of carboxylic acid groups (broad SMARTS) is 1. The van der Waals surface area contributed by atoms with Crippen molar-refractivity contribution in [2.24, 2.45) is 0 Å². The normalized spacial score (nSPS) is 12.6. The Morgan fingerprint density at radius 1 is 1.07 bits per heavy atom. The van der Waals surface area contributed by atoms with Crippen molar-refractivity contribution in [1.29, 1.82) is 0 Å². The molecule has 0 saturated carbocycles. The van der Waals surface area contributed by atoms with E-state index in [0.29, 0.717) is 40.4 Å². The second-order valence-electron chi connectivity index (χ2n) is 9.21. The Kier molecular flexibility index (Phi) is 9.68. The van der Waals surface area contributed by atoms with Gasteiger partial charge in [-0.3, -0.25) is 4.79 Å². The van der Waals surface area contributed by atoms with Crippen molar-refractivity contribution in [1.82, 2.24) is 5.32 Å². The van der Waals surface area contributed by atoms with Gasteiger partial charge in [-0.05, 0) is 90.1 Å². The van der Waals surface area contributed by atoms with Crippen LogP contribution in [-0.4, -0.2) is 42.1 Å². The summed E-state index contributed by atoms with van der Waals surface area (Å²) in [4.78, 5) is 25.2. The quantitative estimate of drug-likeness (QED) is 0.192. The van der Waals surface area contributed by atoms with Crippen molar-refractivity contribution in [2.75, 3.05) is 19.1 Å². The van der Waals surface area contributed by atoms with E-state index in [1.165, 1.54) is 23.9 Å². The number of hydrogen-bond acceptors (Lipinski definition) is 5. The number of rotatable bonds is 11. The maximum Gasteiger partial charge on any atom is 0.326 e. The van der Waals surface area contributed by atoms with Crippen molar-refractivity contribution < 1.29 is 28.2 Å². The Labute approximate surface area is 241 Å². The molecule has 40 heavy (non-hydrogen) atoms. The van der Waals surface area contributed by atoms with Crippen LogP contribution < -0.4 is 5.32 Å². The van der Waals surface area contributed by atoms with Crippen LogP contribution in [0.1, 0.15) is 39.8 Å². The van der Waals surface area contributed by atoms with Crippen LogP contribution >= 0.6 is 23.4 Å². The molecule has 2 unspecified atom stereocenters. The largest absolute Gasteiger partial charge is 0.480 e. The van der Waals surface area contributed by atoms with Gasteiger partial charge in [-0.1, -0.05) is 41.9 Å². The number of aryl methyl sites for hydroxylation is 1. The lowest BCUT2D eigenvalue weighted by atomic mass is 9.92. The molecule has 1 amide bonds. The van der Waals surface area contributed by atoms with Crippen molar-refractivity contribution >= 4 is 35.2 Å². The van der Waals surface area contributed by atoms with Crippen LogP contribution in [0.15, 0.2) is 77.2 Å². The Hall–Kier alpha value is -3.59. The number of carbonyl (C=O) groups is 2. The number of carboxylic acids is 1. The Balaban J connectivity index is 1.73. The summed E-state index contributed by atoms with van der Waals surface area (Å²) in [5.74, 6) is -0.453. The van der Waals surface area contributed by atoms with Crippen LogP contribution in [0.3, 0.4) is 0 Å². The van der Waals surface area contributed by atoms with Crippen LogP contribution in [-0.2, 0) is 9.53 Å². The Morgan fingerprint density at radius 2 is 1.85 bits per heavy atom. The fourth-order valence-electron chi connectivity index (χ4n) is 4.46. The molecule has 0 spiro atoms. The van der Waals surface area contributed by atoms with E-state index in [1.807, 2.05) is 43.5 Å². The lowest BCUT2D eigenvalue weighted by Crippen LogP contribution is -2.41. The highest BCUT2D eigenvalue weighted by Gasteiger charge is 2.25. The smallest absolute Gasteiger partial charge is 0.326 e. The van der Waals surface area contributed by atoms with Gasteiger partial charge in [0.1, 0.15) is 29.5 Å². The van der Waals surface area contributed by atoms with E-state index in [0.717, 1.165) is 16.7 Å². The third-order valence-corrected chi connectivity index (χ3v) is 7.50. The lowest BCUT2D eigenvalue weighted by molar-refractivity contribution is -0.139. The highest BCUT2D eigenvalue weighted by molar-refractivity contribution is 7.98. The molecule has 2 N–H and O–H groups in total. The van der Waals surface area contributed by atoms with E-state index in [4.69, 9.17) is 20.8 Å². The maximum absolute atomic E-state index is 13.6. The number of hydrogen-bond donors (Lipinski definition) is 2. The first-order valence-electron chi connectivity index (χ1n) is 12.5. The average molecular weight is 582 g/mol. The number of furan rings is 1. The van der Waals surface area contributed by atoms with Gasteiger partial charge in [-0.2, -0.15) is 11.8 Å². The van der Waals surface area contributed by atoms with Gasteiger partial charge < -0.3 is 19.6 Å². The van der Waals surface area contributed by atoms with Gasteiger partial charge in [0, 0.05) is 18.2 Å². The van der Waals surface area contributed by atoms with Crippen molar-refractivity contribution in [3.05, 3.63) is 106 Å². The molecule has 0 aliphatic carbocycles. The van der Waals surface area contributed by atoms with Crippen molar-refractivity contribution in [2.45, 2.75) is 25.5 Å². The van der Waals surface area contributed by atoms with Gasteiger partial charge in [0.15, 0.2) is 0 Å². The minimum absolute atomic E-state index is 0.00550. The molecule has 0 radical (unpaired) electrons. The molecule has 2 atom stereocenters. The Bertz CT molecular complexity index is 1520. The van der Waals surface area contributed by atoms with E-state index in [1.54, 1.807) is 37.4 Å². The molecule has 0 saturated heterocycles. The third-order valence-electron chi connectivity index (χ3n) is 6.57. The summed E-state index contributed by atoms with van der Waals surface area (Å²) in [6, 6.07) is 19.8. The van der Waals surface area contributed by atoms with Crippen LogP contribution in [0, 0.1) is 12.7 Å². The predicted molar refractivity (Wildman–Crippen MR) is 156 cm³/mol. The zero-order chi connectivity index (χ0) is 28.8. The van der Waals surface area contributed by atoms with Gasteiger partial charge in [0.25, 0.3) is 5.91 Å². The SMILES string of the molecule is COC(c1ccc(C(=O)NC(CCSC)C(=O)O)c(-c2ccccc2C)c1)c1ccc(-c2ccc(F)c(Cl)c2)o1. The van der Waals surface area contributed by atoms with Crippen LogP contribution in [0.5, 0.6) is 0 Å². The van der Waals surface area contributed by atoms with E-state index in [9.17, 15) is 19.1 Å². The van der Waals surface area contributed by atoms with Gasteiger partial charge in [0.2, 0.25) is 0 Å². The van der Waals surface area contributed by atoms with E-state index in [-0.39, 0.29) is 5.02 Å². The summed E-state index contributed by atoms with van der Waals surface area (Å²) < 4.78 is 25.5. The average Bonchev–Trinajstić information content (AvgIpc) is 3.42. The Morgan fingerprint density at radius 3 is 2.52 bits per heavy atom. The minimum atomic E-state index is -1.08. The van der Waals surface area contributed by atoms with E-state index >= 15 is 0 Å². The van der Waals surface area contributed by atoms with E-state index < -0.39 is 29.8 Å². The standard InChI is InChI=1S/C31H29ClFNO5S/c1-18-6-4-5-7-21(18)23-16-20(8-10-22(23)30(35)34-26(31(36)37)14-15-40-3)29(38-2)28-13-12-27(39-28)19-9-11-25(33)24(32)17-19/h4-13,16-17,26,29H,14-15H2,1-3H3,(H,34,35)(H,36,37). The van der Waals surface area contributed by atoms with Gasteiger partial charge in [-0.15, -0.1) is 0 Å². The minimum Gasteiger partial charge on any atom is -0.480 e. The number of methoxy groups -OCH3 is 1. The lowest BCUT2D eigenvalue weighted by Gasteiger charge is -2.19. The second-order valence-corrected chi connectivity index (χ2v) is 10.6. The molecule has 0 fully saturated rings. The summed E-state index contributed by atoms with van der Waals surface area (Å²) in [6.07, 6.45) is 1.59. The van der Waals surface area contributed by atoms with Crippen LogP contribution in [0.4, 0.5) is 4.39 Å².